The molecule has 1 atom stereocenters. The zero-order valence-corrected chi connectivity index (χ0v) is 16.1. The second-order valence-corrected chi connectivity index (χ2v) is 7.10. The van der Waals surface area contributed by atoms with Crippen LogP contribution in [0.4, 0.5) is 11.5 Å². The lowest BCUT2D eigenvalue weighted by Crippen LogP contribution is -2.51. The number of nitro groups is 1. The van der Waals surface area contributed by atoms with Crippen LogP contribution in [0.2, 0.25) is 10.0 Å². The third-order valence-corrected chi connectivity index (χ3v) is 4.99. The first kappa shape index (κ1) is 20.0. The first-order valence-electron chi connectivity index (χ1n) is 8.44. The van der Waals surface area contributed by atoms with Gasteiger partial charge in [0.25, 0.3) is 0 Å². The number of pyridine rings is 1. The number of halogens is 2. The molecule has 2 heterocycles. The van der Waals surface area contributed by atoms with Crippen molar-refractivity contribution in [2.75, 3.05) is 24.5 Å². The predicted molar refractivity (Wildman–Crippen MR) is 105 cm³/mol. The highest BCUT2D eigenvalue weighted by Crippen LogP contribution is 2.36. The second kappa shape index (κ2) is 8.53. The average Bonchev–Trinajstić information content (AvgIpc) is 2.68. The molecule has 28 heavy (non-hydrogen) atoms. The minimum atomic E-state index is -0.531. The number of carbonyl (C=O) groups excluding carboxylic acids is 2. The lowest BCUT2D eigenvalue weighted by atomic mass is 10.0. The van der Waals surface area contributed by atoms with E-state index in [2.05, 4.69) is 4.98 Å². The average molecular weight is 423 g/mol. The Labute approximate surface area is 170 Å². The Hall–Kier alpha value is -2.71. The molecule has 1 aliphatic rings. The van der Waals surface area contributed by atoms with E-state index in [1.807, 2.05) is 0 Å². The van der Waals surface area contributed by atoms with E-state index < -0.39 is 11.0 Å². The van der Waals surface area contributed by atoms with Gasteiger partial charge in [0.2, 0.25) is 11.7 Å². The molecule has 2 aromatic rings. The summed E-state index contributed by atoms with van der Waals surface area (Å²) in [5.74, 6) is -0.107. The summed E-state index contributed by atoms with van der Waals surface area (Å²) < 4.78 is 0. The third kappa shape index (κ3) is 4.23. The van der Waals surface area contributed by atoms with E-state index in [1.165, 1.54) is 12.3 Å². The molecule has 0 saturated carbocycles. The molecule has 0 radical (unpaired) electrons. The van der Waals surface area contributed by atoms with Gasteiger partial charge in [-0.3, -0.25) is 14.9 Å². The highest BCUT2D eigenvalue weighted by atomic mass is 35.5. The van der Waals surface area contributed by atoms with Crippen molar-refractivity contribution in [3.8, 4) is 0 Å². The summed E-state index contributed by atoms with van der Waals surface area (Å²) in [5, 5.41) is 12.2. The van der Waals surface area contributed by atoms with E-state index in [4.69, 9.17) is 23.2 Å². The summed E-state index contributed by atoms with van der Waals surface area (Å²) in [4.78, 5) is 41.5. The van der Waals surface area contributed by atoms with Crippen molar-refractivity contribution in [1.29, 1.82) is 0 Å². The van der Waals surface area contributed by atoms with E-state index in [0.29, 0.717) is 24.4 Å². The smallest absolute Gasteiger partial charge is 0.313 e. The zero-order valence-electron chi connectivity index (χ0n) is 14.6. The van der Waals surface area contributed by atoms with Crippen LogP contribution in [0.3, 0.4) is 0 Å². The number of anilines is 1. The van der Waals surface area contributed by atoms with Gasteiger partial charge in [-0.25, -0.2) is 4.98 Å². The van der Waals surface area contributed by atoms with E-state index in [9.17, 15) is 19.7 Å². The maximum atomic E-state index is 12.2. The highest BCUT2D eigenvalue weighted by Gasteiger charge is 2.34. The van der Waals surface area contributed by atoms with Gasteiger partial charge in [0.05, 0.1) is 22.4 Å². The second-order valence-electron chi connectivity index (χ2n) is 6.22. The molecule has 0 aliphatic carbocycles. The van der Waals surface area contributed by atoms with Gasteiger partial charge < -0.3 is 14.6 Å². The summed E-state index contributed by atoms with van der Waals surface area (Å²) in [5.41, 5.74) is 0.609. The summed E-state index contributed by atoms with van der Waals surface area (Å²) in [6.45, 7) is 0.890. The first-order chi connectivity index (χ1) is 13.4. The Morgan fingerprint density at radius 2 is 1.96 bits per heavy atom. The number of hydrogen-bond acceptors (Lipinski definition) is 6. The van der Waals surface area contributed by atoms with Crippen LogP contribution in [-0.2, 0) is 9.59 Å². The minimum Gasteiger partial charge on any atom is -0.340 e. The van der Waals surface area contributed by atoms with Crippen molar-refractivity contribution < 1.29 is 14.5 Å². The monoisotopic (exact) mass is 422 g/mol. The quantitative estimate of drug-likeness (QED) is 0.317. The van der Waals surface area contributed by atoms with Crippen molar-refractivity contribution in [3.05, 3.63) is 62.3 Å². The number of amides is 1. The molecular formula is C18H16Cl2N4O4. The van der Waals surface area contributed by atoms with Crippen LogP contribution < -0.4 is 4.90 Å². The summed E-state index contributed by atoms with van der Waals surface area (Å²) in [7, 11) is 0. The van der Waals surface area contributed by atoms with Crippen LogP contribution >= 0.6 is 23.2 Å². The van der Waals surface area contributed by atoms with Gasteiger partial charge in [0.15, 0.2) is 0 Å². The number of benzene rings is 1. The molecule has 1 amide bonds. The van der Waals surface area contributed by atoms with Crippen molar-refractivity contribution in [1.82, 2.24) is 9.88 Å². The zero-order chi connectivity index (χ0) is 20.3. The largest absolute Gasteiger partial charge is 0.340 e. The number of nitrogens with zero attached hydrogens (tertiary/aromatic N) is 4. The lowest BCUT2D eigenvalue weighted by Gasteiger charge is -2.42. The van der Waals surface area contributed by atoms with Crippen LogP contribution in [0.5, 0.6) is 0 Å². The van der Waals surface area contributed by atoms with Crippen LogP contribution in [-0.4, -0.2) is 46.6 Å². The van der Waals surface area contributed by atoms with E-state index in [0.717, 1.165) is 5.56 Å². The SMILES string of the molecule is O=CCC(=O)N1CCN(c2ncc(Cl)cc2[N+](=O)[O-])C(c2ccc(Cl)cc2)C1. The van der Waals surface area contributed by atoms with Crippen LogP contribution in [0, 0.1) is 10.1 Å². The normalized spacial score (nSPS) is 16.7. The molecular weight excluding hydrogens is 407 g/mol. The fraction of sp³-hybridized carbons (Fsp3) is 0.278. The van der Waals surface area contributed by atoms with Crippen molar-refractivity contribution >= 4 is 46.9 Å². The Morgan fingerprint density at radius 1 is 1.25 bits per heavy atom. The van der Waals surface area contributed by atoms with E-state index >= 15 is 0 Å². The maximum absolute atomic E-state index is 12.2. The molecule has 1 aromatic carbocycles. The predicted octanol–water partition coefficient (Wildman–Crippen LogP) is 3.28. The van der Waals surface area contributed by atoms with Gasteiger partial charge in [0, 0.05) is 36.9 Å². The summed E-state index contributed by atoms with van der Waals surface area (Å²) in [6, 6.07) is 7.89. The number of piperazine rings is 1. The molecule has 1 fully saturated rings. The minimum absolute atomic E-state index is 0.165. The fourth-order valence-electron chi connectivity index (χ4n) is 3.21. The molecule has 1 aromatic heterocycles. The lowest BCUT2D eigenvalue weighted by molar-refractivity contribution is -0.384. The Kier molecular flexibility index (Phi) is 6.11. The molecule has 1 saturated heterocycles. The molecule has 8 nitrogen and oxygen atoms in total. The number of aldehydes is 1. The Morgan fingerprint density at radius 3 is 2.61 bits per heavy atom. The van der Waals surface area contributed by atoms with Crippen LogP contribution in [0.15, 0.2) is 36.5 Å². The van der Waals surface area contributed by atoms with E-state index in [-0.39, 0.29) is 35.4 Å². The maximum Gasteiger partial charge on any atom is 0.313 e. The fourth-order valence-corrected chi connectivity index (χ4v) is 3.49. The molecule has 0 N–H and O–H groups in total. The van der Waals surface area contributed by atoms with Crippen molar-refractivity contribution in [2.45, 2.75) is 12.5 Å². The topological polar surface area (TPSA) is 96.7 Å². The summed E-state index contributed by atoms with van der Waals surface area (Å²) >= 11 is 11.9. The summed E-state index contributed by atoms with van der Waals surface area (Å²) in [6.07, 6.45) is 1.72. The molecule has 0 bridgehead atoms. The third-order valence-electron chi connectivity index (χ3n) is 4.53. The Balaban J connectivity index is 2.02. The Bertz CT molecular complexity index is 907. The number of hydrogen-bond donors (Lipinski definition) is 0. The molecule has 0 spiro atoms. The first-order valence-corrected chi connectivity index (χ1v) is 9.19. The number of aromatic nitrogens is 1. The standard InChI is InChI=1S/C18H16Cl2N4O4/c19-13-3-1-12(2-4-13)16-11-22(17(26)5-8-25)6-7-23(16)18-15(24(27)28)9-14(20)10-21-18/h1-4,8-10,16H,5-7,11H2. The van der Waals surface area contributed by atoms with Gasteiger partial charge in [0.1, 0.15) is 6.29 Å². The molecule has 3 rings (SSSR count). The molecule has 146 valence electrons. The molecule has 1 unspecified atom stereocenters. The molecule has 10 heteroatoms. The number of carbonyl (C=O) groups is 2. The van der Waals surface area contributed by atoms with Gasteiger partial charge >= 0.3 is 5.69 Å². The highest BCUT2D eigenvalue weighted by molar-refractivity contribution is 6.31. The van der Waals surface area contributed by atoms with Crippen molar-refractivity contribution in [2.24, 2.45) is 0 Å². The number of rotatable bonds is 5. The van der Waals surface area contributed by atoms with Crippen LogP contribution in [0.1, 0.15) is 18.0 Å². The van der Waals surface area contributed by atoms with Crippen LogP contribution in [0.25, 0.3) is 0 Å². The van der Waals surface area contributed by atoms with Gasteiger partial charge in [-0.1, -0.05) is 35.3 Å². The van der Waals surface area contributed by atoms with Crippen molar-refractivity contribution in [3.63, 3.8) is 0 Å². The van der Waals surface area contributed by atoms with Gasteiger partial charge in [-0.15, -0.1) is 0 Å². The van der Waals surface area contributed by atoms with Gasteiger partial charge in [-0.05, 0) is 17.7 Å². The van der Waals surface area contributed by atoms with Gasteiger partial charge in [-0.2, -0.15) is 0 Å². The molecule has 1 aliphatic heterocycles. The van der Waals surface area contributed by atoms with E-state index in [1.54, 1.807) is 34.1 Å².